The molecule has 2 fully saturated rings. The smallest absolute Gasteiger partial charge is 0.240 e. The van der Waals surface area contributed by atoms with E-state index in [9.17, 15) is 13.5 Å². The lowest BCUT2D eigenvalue weighted by Crippen LogP contribution is -2.50. The predicted molar refractivity (Wildman–Crippen MR) is 107 cm³/mol. The molecule has 0 bridgehead atoms. The average Bonchev–Trinajstić information content (AvgIpc) is 3.45. The Morgan fingerprint density at radius 1 is 1.21 bits per heavy atom. The Morgan fingerprint density at radius 3 is 2.66 bits per heavy atom. The molecule has 1 saturated heterocycles. The Labute approximate surface area is 171 Å². The summed E-state index contributed by atoms with van der Waals surface area (Å²) in [6, 6.07) is 6.27. The molecule has 8 nitrogen and oxygen atoms in total. The molecule has 2 N–H and O–H groups in total. The summed E-state index contributed by atoms with van der Waals surface area (Å²) in [6.07, 6.45) is 5.88. The van der Waals surface area contributed by atoms with E-state index in [0.717, 1.165) is 24.1 Å². The minimum absolute atomic E-state index is 0.0409. The largest absolute Gasteiger partial charge is 0.394 e. The first-order valence-electron chi connectivity index (χ1n) is 10.2. The van der Waals surface area contributed by atoms with Crippen LogP contribution in [0.2, 0.25) is 0 Å². The highest BCUT2D eigenvalue weighted by Crippen LogP contribution is 2.38. The van der Waals surface area contributed by atoms with E-state index in [1.807, 2.05) is 17.8 Å². The van der Waals surface area contributed by atoms with Crippen molar-refractivity contribution in [2.45, 2.75) is 74.6 Å². The zero-order valence-electron chi connectivity index (χ0n) is 16.6. The van der Waals surface area contributed by atoms with Gasteiger partial charge in [-0.05, 0) is 51.2 Å². The third-order valence-corrected chi connectivity index (χ3v) is 7.17. The molecule has 1 saturated carbocycles. The van der Waals surface area contributed by atoms with Gasteiger partial charge in [-0.2, -0.15) is 0 Å². The van der Waals surface area contributed by atoms with Crippen LogP contribution in [0, 0.1) is 6.92 Å². The highest BCUT2D eigenvalue weighted by molar-refractivity contribution is 7.89. The Kier molecular flexibility index (Phi) is 6.00. The number of aryl methyl sites for hydroxylation is 2. The van der Waals surface area contributed by atoms with Gasteiger partial charge in [0.1, 0.15) is 0 Å². The fraction of sp³-hybridized carbons (Fsp3) is 0.600. The third kappa shape index (κ3) is 5.03. The lowest BCUT2D eigenvalue weighted by molar-refractivity contribution is -0.0891. The maximum Gasteiger partial charge on any atom is 0.240 e. The number of aromatic nitrogens is 3. The second kappa shape index (κ2) is 8.51. The van der Waals surface area contributed by atoms with E-state index >= 15 is 0 Å². The SMILES string of the molecule is Cc1ccc(S(=O)(=O)N[C@H]2CC[C@H](CCn3cc(C4CC4)nn3)O[C@@H]2CO)cc1. The maximum atomic E-state index is 12.7. The quantitative estimate of drug-likeness (QED) is 0.674. The zero-order chi connectivity index (χ0) is 20.4. The topological polar surface area (TPSA) is 106 Å². The molecular weight excluding hydrogens is 392 g/mol. The predicted octanol–water partition coefficient (Wildman–Crippen LogP) is 1.74. The van der Waals surface area contributed by atoms with Crippen LogP contribution in [0.5, 0.6) is 0 Å². The number of hydrogen-bond acceptors (Lipinski definition) is 6. The molecule has 9 heteroatoms. The number of benzene rings is 1. The van der Waals surface area contributed by atoms with Gasteiger partial charge in [0.15, 0.2) is 0 Å². The van der Waals surface area contributed by atoms with E-state index in [0.29, 0.717) is 18.9 Å². The van der Waals surface area contributed by atoms with Crippen LogP contribution in [0.3, 0.4) is 0 Å². The average molecular weight is 421 g/mol. The standard InChI is InChI=1S/C20H28N4O4S/c1-14-2-7-17(8-3-14)29(26,27)22-18-9-6-16(28-20(18)13-25)10-11-24-12-19(21-23-24)15-4-5-15/h2-3,7-8,12,15-16,18,20,22,25H,4-6,9-11,13H2,1H3/t16-,18+,20-/m1/s1. The molecule has 2 aromatic rings. The van der Waals surface area contributed by atoms with Crippen molar-refractivity contribution in [2.75, 3.05) is 6.61 Å². The monoisotopic (exact) mass is 420 g/mol. The number of hydrogen-bond donors (Lipinski definition) is 2. The number of sulfonamides is 1. The van der Waals surface area contributed by atoms with Crippen molar-refractivity contribution in [3.8, 4) is 0 Å². The molecule has 0 unspecified atom stereocenters. The summed E-state index contributed by atoms with van der Waals surface area (Å²) in [5.74, 6) is 0.579. The summed E-state index contributed by atoms with van der Waals surface area (Å²) in [7, 11) is -3.66. The summed E-state index contributed by atoms with van der Waals surface area (Å²) in [6.45, 7) is 2.38. The van der Waals surface area contributed by atoms with E-state index in [1.165, 1.54) is 12.8 Å². The number of aliphatic hydroxyl groups excluding tert-OH is 1. The van der Waals surface area contributed by atoms with Gasteiger partial charge in [-0.25, -0.2) is 13.1 Å². The summed E-state index contributed by atoms with van der Waals surface area (Å²) in [5, 5.41) is 18.1. The molecule has 29 heavy (non-hydrogen) atoms. The lowest BCUT2D eigenvalue weighted by atomic mass is 9.98. The molecular formula is C20H28N4O4S. The molecule has 2 aliphatic rings. The summed E-state index contributed by atoms with van der Waals surface area (Å²) < 4.78 is 35.9. The van der Waals surface area contributed by atoms with Crippen LogP contribution in [-0.2, 0) is 21.3 Å². The first kappa shape index (κ1) is 20.5. The van der Waals surface area contributed by atoms with Crippen molar-refractivity contribution < 1.29 is 18.3 Å². The molecule has 0 amide bonds. The van der Waals surface area contributed by atoms with Crippen molar-refractivity contribution in [1.29, 1.82) is 0 Å². The maximum absolute atomic E-state index is 12.7. The van der Waals surface area contributed by atoms with Crippen molar-refractivity contribution in [1.82, 2.24) is 19.7 Å². The first-order valence-corrected chi connectivity index (χ1v) is 11.7. The van der Waals surface area contributed by atoms with Crippen LogP contribution in [0.1, 0.15) is 49.3 Å². The van der Waals surface area contributed by atoms with Crippen LogP contribution in [0.4, 0.5) is 0 Å². The van der Waals surface area contributed by atoms with Gasteiger partial charge in [0, 0.05) is 18.7 Å². The summed E-state index contributed by atoms with van der Waals surface area (Å²) in [5.41, 5.74) is 2.06. The van der Waals surface area contributed by atoms with Crippen molar-refractivity contribution in [2.24, 2.45) is 0 Å². The van der Waals surface area contributed by atoms with Crippen LogP contribution >= 0.6 is 0 Å². The van der Waals surface area contributed by atoms with Crippen molar-refractivity contribution in [3.05, 3.63) is 41.7 Å². The number of nitrogens with one attached hydrogen (secondary N) is 1. The highest BCUT2D eigenvalue weighted by atomic mass is 32.2. The second-order valence-corrected chi connectivity index (χ2v) is 9.78. The number of rotatable bonds is 8. The Morgan fingerprint density at radius 2 is 1.97 bits per heavy atom. The van der Waals surface area contributed by atoms with E-state index in [-0.39, 0.29) is 17.6 Å². The van der Waals surface area contributed by atoms with Crippen LogP contribution in [0.25, 0.3) is 0 Å². The normalized spacial score (nSPS) is 25.2. The van der Waals surface area contributed by atoms with E-state index < -0.39 is 22.2 Å². The molecule has 4 rings (SSSR count). The van der Waals surface area contributed by atoms with Crippen LogP contribution < -0.4 is 4.72 Å². The van der Waals surface area contributed by atoms with Crippen molar-refractivity contribution in [3.63, 3.8) is 0 Å². The van der Waals surface area contributed by atoms with E-state index in [4.69, 9.17) is 4.74 Å². The molecule has 1 aromatic heterocycles. The van der Waals surface area contributed by atoms with Gasteiger partial charge < -0.3 is 9.84 Å². The third-order valence-electron chi connectivity index (χ3n) is 5.67. The second-order valence-electron chi connectivity index (χ2n) is 8.07. The molecule has 1 aliphatic heterocycles. The van der Waals surface area contributed by atoms with Crippen molar-refractivity contribution >= 4 is 10.0 Å². The number of ether oxygens (including phenoxy) is 1. The van der Waals surface area contributed by atoms with Gasteiger partial charge in [-0.1, -0.05) is 22.9 Å². The van der Waals surface area contributed by atoms with Gasteiger partial charge in [-0.3, -0.25) is 4.68 Å². The van der Waals surface area contributed by atoms with Gasteiger partial charge >= 0.3 is 0 Å². The molecule has 3 atom stereocenters. The molecule has 0 radical (unpaired) electrons. The highest BCUT2D eigenvalue weighted by Gasteiger charge is 2.34. The van der Waals surface area contributed by atoms with Gasteiger partial charge in [0.25, 0.3) is 0 Å². The number of nitrogens with zero attached hydrogens (tertiary/aromatic N) is 3. The Balaban J connectivity index is 1.32. The fourth-order valence-corrected chi connectivity index (χ4v) is 5.03. The number of aliphatic hydroxyl groups is 1. The van der Waals surface area contributed by atoms with Gasteiger partial charge in [-0.15, -0.1) is 5.10 Å². The Hall–Kier alpha value is -1.81. The lowest BCUT2D eigenvalue weighted by Gasteiger charge is -2.36. The molecule has 0 spiro atoms. The first-order chi connectivity index (χ1) is 13.9. The van der Waals surface area contributed by atoms with Crippen LogP contribution in [0.15, 0.2) is 35.4 Å². The van der Waals surface area contributed by atoms with Gasteiger partial charge in [0.05, 0.1) is 35.4 Å². The minimum Gasteiger partial charge on any atom is -0.394 e. The molecule has 1 aliphatic carbocycles. The van der Waals surface area contributed by atoms with Gasteiger partial charge in [0.2, 0.25) is 10.0 Å². The van der Waals surface area contributed by atoms with E-state index in [1.54, 1.807) is 24.3 Å². The van der Waals surface area contributed by atoms with E-state index in [2.05, 4.69) is 15.0 Å². The summed E-state index contributed by atoms with van der Waals surface area (Å²) in [4.78, 5) is 0.222. The molecule has 1 aromatic carbocycles. The summed E-state index contributed by atoms with van der Waals surface area (Å²) >= 11 is 0. The van der Waals surface area contributed by atoms with Crippen LogP contribution in [-0.4, -0.2) is 53.4 Å². The molecule has 2 heterocycles. The molecule has 158 valence electrons. The zero-order valence-corrected chi connectivity index (χ0v) is 17.4. The minimum atomic E-state index is -3.66. The Bertz CT molecular complexity index is 924. The fourth-order valence-electron chi connectivity index (χ4n) is 3.73.